The van der Waals surface area contributed by atoms with Gasteiger partial charge in [0.25, 0.3) is 0 Å². The maximum Gasteiger partial charge on any atom is 0.247 e. The Balaban J connectivity index is 1.66. The van der Waals surface area contributed by atoms with E-state index in [1.54, 1.807) is 37.3 Å². The first-order chi connectivity index (χ1) is 11.6. The van der Waals surface area contributed by atoms with E-state index < -0.39 is 6.10 Å². The van der Waals surface area contributed by atoms with Crippen LogP contribution in [0.25, 0.3) is 11.5 Å². The van der Waals surface area contributed by atoms with Crippen molar-refractivity contribution in [3.05, 3.63) is 66.1 Å². The summed E-state index contributed by atoms with van der Waals surface area (Å²) >= 11 is 0. The average Bonchev–Trinajstić information content (AvgIpc) is 3.02. The van der Waals surface area contributed by atoms with Gasteiger partial charge in [0.1, 0.15) is 0 Å². The van der Waals surface area contributed by atoms with E-state index in [-0.39, 0.29) is 12.3 Å². The molecule has 122 valence electrons. The standard InChI is InChI=1S/C18H17N3O3/c1-12-20-21-18(24-12)14-8-5-9-15(10-14)19-17(23)11-16(22)13-6-3-2-4-7-13/h2-10,16,22H,11H2,1H3,(H,19,23). The first-order valence-corrected chi connectivity index (χ1v) is 7.55. The van der Waals surface area contributed by atoms with E-state index in [1.165, 1.54) is 0 Å². The first-order valence-electron chi connectivity index (χ1n) is 7.55. The summed E-state index contributed by atoms with van der Waals surface area (Å²) in [5.74, 6) is 0.601. The number of nitrogens with zero attached hydrogens (tertiary/aromatic N) is 2. The molecule has 1 heterocycles. The second-order valence-corrected chi connectivity index (χ2v) is 5.39. The molecule has 0 aliphatic rings. The lowest BCUT2D eigenvalue weighted by Crippen LogP contribution is -2.15. The van der Waals surface area contributed by atoms with Crippen LogP contribution in [0.15, 0.2) is 59.0 Å². The van der Waals surface area contributed by atoms with Gasteiger partial charge in [0, 0.05) is 18.2 Å². The van der Waals surface area contributed by atoms with E-state index >= 15 is 0 Å². The van der Waals surface area contributed by atoms with Crippen molar-refractivity contribution < 1.29 is 14.3 Å². The zero-order valence-electron chi connectivity index (χ0n) is 13.1. The first kappa shape index (κ1) is 15.9. The molecule has 1 unspecified atom stereocenters. The molecule has 24 heavy (non-hydrogen) atoms. The summed E-state index contributed by atoms with van der Waals surface area (Å²) in [5.41, 5.74) is 2.04. The molecule has 3 rings (SSSR count). The summed E-state index contributed by atoms with van der Waals surface area (Å²) in [7, 11) is 0. The second kappa shape index (κ2) is 7.06. The van der Waals surface area contributed by atoms with Crippen LogP contribution in [0.5, 0.6) is 0 Å². The lowest BCUT2D eigenvalue weighted by Gasteiger charge is -2.11. The van der Waals surface area contributed by atoms with Crippen molar-refractivity contribution in [2.45, 2.75) is 19.4 Å². The number of nitrogens with one attached hydrogen (secondary N) is 1. The molecule has 2 N–H and O–H groups in total. The molecule has 0 saturated carbocycles. The number of carbonyl (C=O) groups excluding carboxylic acids is 1. The van der Waals surface area contributed by atoms with Gasteiger partial charge in [-0.15, -0.1) is 10.2 Å². The second-order valence-electron chi connectivity index (χ2n) is 5.39. The van der Waals surface area contributed by atoms with Gasteiger partial charge >= 0.3 is 0 Å². The van der Waals surface area contributed by atoms with Crippen molar-refractivity contribution in [1.82, 2.24) is 10.2 Å². The van der Waals surface area contributed by atoms with Gasteiger partial charge in [0.2, 0.25) is 17.7 Å². The van der Waals surface area contributed by atoms with Crippen molar-refractivity contribution in [3.8, 4) is 11.5 Å². The molecule has 0 radical (unpaired) electrons. The number of hydrogen-bond donors (Lipinski definition) is 2. The Labute approximate surface area is 139 Å². The van der Waals surface area contributed by atoms with Crippen molar-refractivity contribution in [2.24, 2.45) is 0 Å². The van der Waals surface area contributed by atoms with Crippen molar-refractivity contribution in [2.75, 3.05) is 5.32 Å². The highest BCUT2D eigenvalue weighted by Gasteiger charge is 2.13. The fraction of sp³-hybridized carbons (Fsp3) is 0.167. The number of amides is 1. The zero-order chi connectivity index (χ0) is 16.9. The minimum absolute atomic E-state index is 0.0199. The minimum Gasteiger partial charge on any atom is -0.421 e. The van der Waals surface area contributed by atoms with Gasteiger partial charge in [-0.05, 0) is 23.8 Å². The fourth-order valence-electron chi connectivity index (χ4n) is 2.32. The molecule has 6 nitrogen and oxygen atoms in total. The summed E-state index contributed by atoms with van der Waals surface area (Å²) in [6.45, 7) is 1.72. The molecule has 0 fully saturated rings. The maximum atomic E-state index is 12.1. The van der Waals surface area contributed by atoms with Crippen LogP contribution < -0.4 is 5.32 Å². The minimum atomic E-state index is -0.840. The van der Waals surface area contributed by atoms with Gasteiger partial charge in [-0.2, -0.15) is 0 Å². The van der Waals surface area contributed by atoms with E-state index in [0.717, 1.165) is 5.56 Å². The monoisotopic (exact) mass is 323 g/mol. The third-order valence-electron chi connectivity index (χ3n) is 3.48. The van der Waals surface area contributed by atoms with Gasteiger partial charge < -0.3 is 14.8 Å². The molecule has 1 aromatic heterocycles. The molecule has 0 aliphatic carbocycles. The SMILES string of the molecule is Cc1nnc(-c2cccc(NC(=O)CC(O)c3ccccc3)c2)o1. The van der Waals surface area contributed by atoms with Gasteiger partial charge in [-0.25, -0.2) is 0 Å². The number of aliphatic hydroxyl groups excluding tert-OH is 1. The summed E-state index contributed by atoms with van der Waals surface area (Å²) in [6, 6.07) is 16.2. The predicted octanol–water partition coefficient (Wildman–Crippen LogP) is 3.11. The fourth-order valence-corrected chi connectivity index (χ4v) is 2.32. The number of hydrogen-bond acceptors (Lipinski definition) is 5. The number of anilines is 1. The molecule has 1 amide bonds. The Morgan fingerprint density at radius 2 is 1.96 bits per heavy atom. The van der Waals surface area contributed by atoms with E-state index in [1.807, 2.05) is 24.3 Å². The molecule has 6 heteroatoms. The number of aryl methyl sites for hydroxylation is 1. The summed E-state index contributed by atoms with van der Waals surface area (Å²) in [6.07, 6.45) is -0.860. The number of aromatic nitrogens is 2. The molecule has 0 aliphatic heterocycles. The molecule has 1 atom stereocenters. The van der Waals surface area contributed by atoms with E-state index in [2.05, 4.69) is 15.5 Å². The van der Waals surface area contributed by atoms with Crippen LogP contribution in [-0.2, 0) is 4.79 Å². The Morgan fingerprint density at radius 1 is 1.17 bits per heavy atom. The summed E-state index contributed by atoms with van der Waals surface area (Å²) < 4.78 is 5.38. The highest BCUT2D eigenvalue weighted by Crippen LogP contribution is 2.22. The van der Waals surface area contributed by atoms with Crippen LogP contribution in [0, 0.1) is 6.92 Å². The number of aliphatic hydroxyl groups is 1. The van der Waals surface area contributed by atoms with Gasteiger partial charge in [0.15, 0.2) is 0 Å². The van der Waals surface area contributed by atoms with Gasteiger partial charge in [0.05, 0.1) is 12.5 Å². The molecular weight excluding hydrogens is 306 g/mol. The number of benzene rings is 2. The third-order valence-corrected chi connectivity index (χ3v) is 3.48. The van der Waals surface area contributed by atoms with Crippen molar-refractivity contribution >= 4 is 11.6 Å². The largest absolute Gasteiger partial charge is 0.421 e. The molecule has 2 aromatic carbocycles. The van der Waals surface area contributed by atoms with Crippen LogP contribution in [-0.4, -0.2) is 21.2 Å². The summed E-state index contributed by atoms with van der Waals surface area (Å²) in [4.78, 5) is 12.1. The van der Waals surface area contributed by atoms with Crippen LogP contribution in [0.3, 0.4) is 0 Å². The number of carbonyl (C=O) groups is 1. The topological polar surface area (TPSA) is 88.2 Å². The number of rotatable bonds is 5. The highest BCUT2D eigenvalue weighted by atomic mass is 16.4. The van der Waals surface area contributed by atoms with E-state index in [9.17, 15) is 9.90 Å². The average molecular weight is 323 g/mol. The van der Waals surface area contributed by atoms with Crippen LogP contribution in [0.4, 0.5) is 5.69 Å². The Bertz CT molecular complexity index is 830. The summed E-state index contributed by atoms with van der Waals surface area (Å²) in [5, 5.41) is 20.6. The zero-order valence-corrected chi connectivity index (χ0v) is 13.1. The molecule has 0 saturated heterocycles. The normalized spacial score (nSPS) is 11.9. The van der Waals surface area contributed by atoms with Gasteiger partial charge in [-0.3, -0.25) is 4.79 Å². The van der Waals surface area contributed by atoms with E-state index in [0.29, 0.717) is 23.0 Å². The van der Waals surface area contributed by atoms with Crippen LogP contribution >= 0.6 is 0 Å². The van der Waals surface area contributed by atoms with Crippen LogP contribution in [0.2, 0.25) is 0 Å². The molecule has 0 bridgehead atoms. The van der Waals surface area contributed by atoms with Gasteiger partial charge in [-0.1, -0.05) is 36.4 Å². The lowest BCUT2D eigenvalue weighted by atomic mass is 10.1. The molecular formula is C18H17N3O3. The molecule has 0 spiro atoms. The molecule has 3 aromatic rings. The quantitative estimate of drug-likeness (QED) is 0.753. The lowest BCUT2D eigenvalue weighted by molar-refractivity contribution is -0.118. The Hall–Kier alpha value is -2.99. The Kier molecular flexibility index (Phi) is 4.67. The van der Waals surface area contributed by atoms with E-state index in [4.69, 9.17) is 4.42 Å². The van der Waals surface area contributed by atoms with Crippen molar-refractivity contribution in [3.63, 3.8) is 0 Å². The smallest absolute Gasteiger partial charge is 0.247 e. The van der Waals surface area contributed by atoms with Crippen LogP contribution in [0.1, 0.15) is 24.0 Å². The van der Waals surface area contributed by atoms with Crippen molar-refractivity contribution in [1.29, 1.82) is 0 Å². The maximum absolute atomic E-state index is 12.1. The Morgan fingerprint density at radius 3 is 2.67 bits per heavy atom. The highest BCUT2D eigenvalue weighted by molar-refractivity contribution is 5.91. The third kappa shape index (κ3) is 3.85. The predicted molar refractivity (Wildman–Crippen MR) is 89.1 cm³/mol.